The number of methoxy groups -OCH3 is 1. The Balaban J connectivity index is 2.01. The third-order valence-electron chi connectivity index (χ3n) is 5.41. The van der Waals surface area contributed by atoms with Crippen LogP contribution in [-0.4, -0.2) is 30.1 Å². The Morgan fingerprint density at radius 1 is 1.14 bits per heavy atom. The molecule has 1 aliphatic carbocycles. The van der Waals surface area contributed by atoms with E-state index in [0.29, 0.717) is 29.8 Å². The minimum Gasteiger partial charge on any atom is -0.481 e. The van der Waals surface area contributed by atoms with Crippen molar-refractivity contribution < 1.29 is 24.2 Å². The first-order valence-electron chi connectivity index (χ1n) is 9.81. The number of thiophene rings is 1. The van der Waals surface area contributed by atoms with Gasteiger partial charge in [-0.3, -0.25) is 9.59 Å². The summed E-state index contributed by atoms with van der Waals surface area (Å²) in [4.78, 5) is 38.1. The number of amides is 1. The summed E-state index contributed by atoms with van der Waals surface area (Å²) in [6.07, 6.45) is 3.36. The highest BCUT2D eigenvalue weighted by Crippen LogP contribution is 2.42. The molecule has 29 heavy (non-hydrogen) atoms. The number of carbonyl (C=O) groups excluding carboxylic acids is 2. The number of carboxylic acids is 1. The Morgan fingerprint density at radius 2 is 1.79 bits per heavy atom. The fourth-order valence-electron chi connectivity index (χ4n) is 3.97. The SMILES string of the molecule is CCc1sc(NC(=O)[C@H]2CCCC[C@@H]2C(=O)O)c(C(=O)OC)c1-c1ccccc1. The van der Waals surface area contributed by atoms with E-state index in [-0.39, 0.29) is 5.91 Å². The first-order chi connectivity index (χ1) is 14.0. The highest BCUT2D eigenvalue weighted by Gasteiger charge is 2.37. The smallest absolute Gasteiger partial charge is 0.341 e. The van der Waals surface area contributed by atoms with Crippen molar-refractivity contribution >= 4 is 34.2 Å². The standard InChI is InChI=1S/C22H25NO5S/c1-3-16-17(13-9-5-4-6-10-13)18(22(27)28-2)20(29-16)23-19(24)14-11-7-8-12-15(14)21(25)26/h4-6,9-10,14-15H,3,7-8,11-12H2,1-2H3,(H,23,24)(H,25,26)/t14-,15-/m0/s1. The number of nitrogens with one attached hydrogen (secondary N) is 1. The molecular weight excluding hydrogens is 390 g/mol. The number of carboxylic acid groups (broad SMARTS) is 1. The maximum Gasteiger partial charge on any atom is 0.341 e. The summed E-state index contributed by atoms with van der Waals surface area (Å²) in [6.45, 7) is 1.99. The molecule has 6 nitrogen and oxygen atoms in total. The number of ether oxygens (including phenoxy) is 1. The fourth-order valence-corrected chi connectivity index (χ4v) is 5.12. The lowest BCUT2D eigenvalue weighted by molar-refractivity contribution is -0.147. The van der Waals surface area contributed by atoms with Crippen molar-refractivity contribution in [2.75, 3.05) is 12.4 Å². The summed E-state index contributed by atoms with van der Waals surface area (Å²) < 4.78 is 5.01. The second kappa shape index (κ2) is 9.22. The minimum atomic E-state index is -0.941. The Morgan fingerprint density at radius 3 is 2.38 bits per heavy atom. The Hall–Kier alpha value is -2.67. The van der Waals surface area contributed by atoms with Crippen molar-refractivity contribution in [3.8, 4) is 11.1 Å². The topological polar surface area (TPSA) is 92.7 Å². The quantitative estimate of drug-likeness (QED) is 0.673. The van der Waals surface area contributed by atoms with E-state index < -0.39 is 23.8 Å². The summed E-state index contributed by atoms with van der Waals surface area (Å²) in [5.74, 6) is -3.09. The number of hydrogen-bond donors (Lipinski definition) is 2. The van der Waals surface area contributed by atoms with Crippen LogP contribution in [0.3, 0.4) is 0 Å². The van der Waals surface area contributed by atoms with Gasteiger partial charge < -0.3 is 15.2 Å². The molecule has 1 amide bonds. The van der Waals surface area contributed by atoms with Gasteiger partial charge in [0.1, 0.15) is 10.6 Å². The molecule has 1 heterocycles. The van der Waals surface area contributed by atoms with Gasteiger partial charge in [0.05, 0.1) is 18.9 Å². The first kappa shape index (κ1) is 21.0. The van der Waals surface area contributed by atoms with Gasteiger partial charge in [-0.05, 0) is 24.8 Å². The number of benzene rings is 1. The zero-order valence-electron chi connectivity index (χ0n) is 16.6. The number of anilines is 1. The van der Waals surface area contributed by atoms with Crippen molar-refractivity contribution in [3.05, 3.63) is 40.8 Å². The predicted molar refractivity (Wildman–Crippen MR) is 112 cm³/mol. The lowest BCUT2D eigenvalue weighted by atomic mass is 9.78. The van der Waals surface area contributed by atoms with Crippen LogP contribution in [0.25, 0.3) is 11.1 Å². The number of aryl methyl sites for hydroxylation is 1. The molecule has 1 fully saturated rings. The predicted octanol–water partition coefficient (Wildman–Crippen LogP) is 4.59. The second-order valence-electron chi connectivity index (χ2n) is 7.14. The molecule has 2 N–H and O–H groups in total. The average Bonchev–Trinajstić information content (AvgIpc) is 3.11. The molecule has 0 saturated heterocycles. The lowest BCUT2D eigenvalue weighted by Crippen LogP contribution is -2.36. The highest BCUT2D eigenvalue weighted by molar-refractivity contribution is 7.17. The van der Waals surface area contributed by atoms with Crippen LogP contribution in [0.1, 0.15) is 47.8 Å². The van der Waals surface area contributed by atoms with E-state index in [1.54, 1.807) is 0 Å². The van der Waals surface area contributed by atoms with Crippen molar-refractivity contribution in [1.82, 2.24) is 0 Å². The van der Waals surface area contributed by atoms with Gasteiger partial charge in [-0.2, -0.15) is 0 Å². The second-order valence-corrected chi connectivity index (χ2v) is 8.25. The van der Waals surface area contributed by atoms with Gasteiger partial charge >= 0.3 is 11.9 Å². The monoisotopic (exact) mass is 415 g/mol. The van der Waals surface area contributed by atoms with E-state index in [1.807, 2.05) is 37.3 Å². The number of hydrogen-bond acceptors (Lipinski definition) is 5. The van der Waals surface area contributed by atoms with Gasteiger partial charge in [0.15, 0.2) is 0 Å². The molecule has 2 aromatic rings. The fraction of sp³-hybridized carbons (Fsp3) is 0.409. The third-order valence-corrected chi connectivity index (χ3v) is 6.66. The maximum atomic E-state index is 13.0. The summed E-state index contributed by atoms with van der Waals surface area (Å²) in [5, 5.41) is 12.8. The summed E-state index contributed by atoms with van der Waals surface area (Å²) in [6, 6.07) is 9.52. The normalized spacial score (nSPS) is 18.8. The molecule has 0 aliphatic heterocycles. The summed E-state index contributed by atoms with van der Waals surface area (Å²) in [7, 11) is 1.31. The van der Waals surface area contributed by atoms with Crippen LogP contribution in [0.2, 0.25) is 0 Å². The van der Waals surface area contributed by atoms with E-state index in [2.05, 4.69) is 5.32 Å². The Kier molecular flexibility index (Phi) is 6.69. The molecule has 0 spiro atoms. The van der Waals surface area contributed by atoms with Gasteiger partial charge in [0.25, 0.3) is 0 Å². The number of esters is 1. The van der Waals surface area contributed by atoms with Gasteiger partial charge in [0, 0.05) is 10.4 Å². The number of rotatable bonds is 6. The van der Waals surface area contributed by atoms with Crippen molar-refractivity contribution in [3.63, 3.8) is 0 Å². The molecule has 1 aliphatic rings. The summed E-state index contributed by atoms with van der Waals surface area (Å²) in [5.41, 5.74) is 1.97. The van der Waals surface area contributed by atoms with Crippen molar-refractivity contribution in [2.24, 2.45) is 11.8 Å². The molecular formula is C22H25NO5S. The third kappa shape index (κ3) is 4.34. The molecule has 0 radical (unpaired) electrons. The van der Waals surface area contributed by atoms with Gasteiger partial charge in [-0.25, -0.2) is 4.79 Å². The van der Waals surface area contributed by atoms with Crippen molar-refractivity contribution in [2.45, 2.75) is 39.0 Å². The van der Waals surface area contributed by atoms with Gasteiger partial charge in [-0.1, -0.05) is 50.1 Å². The van der Waals surface area contributed by atoms with Crippen LogP contribution in [0.4, 0.5) is 5.00 Å². The molecule has 154 valence electrons. The van der Waals surface area contributed by atoms with E-state index in [9.17, 15) is 19.5 Å². The molecule has 1 aromatic heterocycles. The van der Waals surface area contributed by atoms with E-state index in [1.165, 1.54) is 18.4 Å². The molecule has 3 rings (SSSR count). The van der Waals surface area contributed by atoms with Crippen LogP contribution in [0, 0.1) is 11.8 Å². The molecule has 2 atom stereocenters. The molecule has 0 bridgehead atoms. The maximum absolute atomic E-state index is 13.0. The molecule has 1 aromatic carbocycles. The van der Waals surface area contributed by atoms with Crippen LogP contribution >= 0.6 is 11.3 Å². The van der Waals surface area contributed by atoms with E-state index in [0.717, 1.165) is 28.8 Å². The Labute approximate surface area is 173 Å². The van der Waals surface area contributed by atoms with E-state index in [4.69, 9.17) is 4.74 Å². The first-order valence-corrected chi connectivity index (χ1v) is 10.6. The van der Waals surface area contributed by atoms with Crippen LogP contribution < -0.4 is 5.32 Å². The number of aliphatic carboxylic acids is 1. The molecule has 1 saturated carbocycles. The van der Waals surface area contributed by atoms with Crippen LogP contribution in [-0.2, 0) is 20.7 Å². The zero-order chi connectivity index (χ0) is 21.0. The number of carbonyl (C=O) groups is 3. The van der Waals surface area contributed by atoms with Gasteiger partial charge in [0.2, 0.25) is 5.91 Å². The largest absolute Gasteiger partial charge is 0.481 e. The van der Waals surface area contributed by atoms with Crippen LogP contribution in [0.5, 0.6) is 0 Å². The molecule has 0 unspecified atom stereocenters. The van der Waals surface area contributed by atoms with Gasteiger partial charge in [-0.15, -0.1) is 11.3 Å². The highest BCUT2D eigenvalue weighted by atomic mass is 32.1. The summed E-state index contributed by atoms with van der Waals surface area (Å²) >= 11 is 1.35. The lowest BCUT2D eigenvalue weighted by Gasteiger charge is -2.27. The molecule has 7 heteroatoms. The van der Waals surface area contributed by atoms with E-state index >= 15 is 0 Å². The zero-order valence-corrected chi connectivity index (χ0v) is 17.4. The van der Waals surface area contributed by atoms with Crippen molar-refractivity contribution in [1.29, 1.82) is 0 Å². The van der Waals surface area contributed by atoms with Crippen LogP contribution in [0.15, 0.2) is 30.3 Å². The average molecular weight is 416 g/mol. The Bertz CT molecular complexity index is 905. The minimum absolute atomic E-state index is 0.330.